The van der Waals surface area contributed by atoms with Gasteiger partial charge in [-0.25, -0.2) is 0 Å². The van der Waals surface area contributed by atoms with Crippen LogP contribution in [0.4, 0.5) is 0 Å². The van der Waals surface area contributed by atoms with Crippen molar-refractivity contribution in [1.29, 1.82) is 0 Å². The zero-order valence-corrected chi connectivity index (χ0v) is 10.8. The Morgan fingerprint density at radius 3 is 1.68 bits per heavy atom. The molecule has 4 heteroatoms. The Labute approximate surface area is 111 Å². The Balaban J connectivity index is 2.59. The van der Waals surface area contributed by atoms with Gasteiger partial charge in [0.1, 0.15) is 23.0 Å². The van der Waals surface area contributed by atoms with Crippen molar-refractivity contribution in [3.8, 4) is 23.0 Å². The minimum absolute atomic E-state index is 0.152. The van der Waals surface area contributed by atoms with Gasteiger partial charge in [-0.3, -0.25) is 0 Å². The van der Waals surface area contributed by atoms with Crippen molar-refractivity contribution in [3.63, 3.8) is 0 Å². The van der Waals surface area contributed by atoms with E-state index in [0.29, 0.717) is 5.56 Å². The third-order valence-corrected chi connectivity index (χ3v) is 3.30. The molecule has 2 aromatic carbocycles. The molecule has 4 nitrogen and oxygen atoms in total. The predicted octanol–water partition coefficient (Wildman–Crippen LogP) is 2.83. The molecule has 0 bridgehead atoms. The van der Waals surface area contributed by atoms with E-state index in [1.165, 1.54) is 12.1 Å². The zero-order chi connectivity index (χ0) is 14.2. The minimum atomic E-state index is -0.671. The molecular weight excluding hydrogens is 244 g/mol. The predicted molar refractivity (Wildman–Crippen MR) is 71.7 cm³/mol. The highest BCUT2D eigenvalue weighted by Gasteiger charge is 2.29. The first-order valence-corrected chi connectivity index (χ1v) is 5.87. The molecule has 0 aliphatic carbocycles. The van der Waals surface area contributed by atoms with Crippen LogP contribution in [0.1, 0.15) is 25.0 Å². The molecule has 0 aromatic heterocycles. The maximum absolute atomic E-state index is 9.95. The molecule has 0 unspecified atom stereocenters. The van der Waals surface area contributed by atoms with Crippen molar-refractivity contribution < 1.29 is 20.4 Å². The molecule has 0 radical (unpaired) electrons. The van der Waals surface area contributed by atoms with Gasteiger partial charge in [-0.2, -0.15) is 0 Å². The zero-order valence-electron chi connectivity index (χ0n) is 10.8. The molecule has 0 amide bonds. The largest absolute Gasteiger partial charge is 0.508 e. The first kappa shape index (κ1) is 13.1. The van der Waals surface area contributed by atoms with E-state index in [-0.39, 0.29) is 23.0 Å². The van der Waals surface area contributed by atoms with Crippen molar-refractivity contribution in [1.82, 2.24) is 0 Å². The fourth-order valence-corrected chi connectivity index (χ4v) is 2.26. The number of phenols is 4. The second-order valence-corrected chi connectivity index (χ2v) is 5.03. The highest BCUT2D eigenvalue weighted by Crippen LogP contribution is 2.44. The first-order valence-electron chi connectivity index (χ1n) is 5.87. The molecule has 0 aliphatic heterocycles. The lowest BCUT2D eigenvalue weighted by Gasteiger charge is -2.27. The second kappa shape index (κ2) is 4.39. The lowest BCUT2D eigenvalue weighted by Crippen LogP contribution is -2.19. The summed E-state index contributed by atoms with van der Waals surface area (Å²) in [5.74, 6) is -0.384. The van der Waals surface area contributed by atoms with Crippen LogP contribution >= 0.6 is 0 Å². The molecular formula is C15H16O4. The molecule has 0 heterocycles. The number of aromatic hydroxyl groups is 4. The van der Waals surface area contributed by atoms with E-state index in [4.69, 9.17) is 0 Å². The molecule has 100 valence electrons. The van der Waals surface area contributed by atoms with Gasteiger partial charge in [-0.05, 0) is 17.7 Å². The summed E-state index contributed by atoms with van der Waals surface area (Å²) >= 11 is 0. The second-order valence-electron chi connectivity index (χ2n) is 5.03. The average molecular weight is 260 g/mol. The fraction of sp³-hybridized carbons (Fsp3) is 0.200. The lowest BCUT2D eigenvalue weighted by molar-refractivity contribution is 0.403. The number of benzene rings is 2. The van der Waals surface area contributed by atoms with E-state index in [1.807, 2.05) is 13.8 Å². The van der Waals surface area contributed by atoms with Crippen molar-refractivity contribution in [2.24, 2.45) is 0 Å². The summed E-state index contributed by atoms with van der Waals surface area (Å²) in [6, 6.07) is 8.92. The molecule has 0 saturated heterocycles. The van der Waals surface area contributed by atoms with Gasteiger partial charge in [-0.1, -0.05) is 26.0 Å². The van der Waals surface area contributed by atoms with Gasteiger partial charge in [0.15, 0.2) is 0 Å². The van der Waals surface area contributed by atoms with Crippen molar-refractivity contribution in [3.05, 3.63) is 47.5 Å². The number of hydrogen-bond donors (Lipinski definition) is 4. The van der Waals surface area contributed by atoms with E-state index in [1.54, 1.807) is 24.3 Å². The smallest absolute Gasteiger partial charge is 0.127 e. The van der Waals surface area contributed by atoms with Crippen LogP contribution in [0.3, 0.4) is 0 Å². The number of phenolic OH excluding ortho intramolecular Hbond substituents is 4. The van der Waals surface area contributed by atoms with Crippen LogP contribution in [0.5, 0.6) is 23.0 Å². The standard InChI is InChI=1S/C15H16O4/c1-15(2,9-3-5-10(16)6-4-9)14-12(18)7-11(17)8-13(14)19/h3-8,16-19H,1-2H3. The van der Waals surface area contributed by atoms with E-state index >= 15 is 0 Å². The van der Waals surface area contributed by atoms with Crippen molar-refractivity contribution in [2.45, 2.75) is 19.3 Å². The highest BCUT2D eigenvalue weighted by molar-refractivity contribution is 5.56. The molecule has 0 atom stereocenters. The van der Waals surface area contributed by atoms with E-state index in [2.05, 4.69) is 0 Å². The van der Waals surface area contributed by atoms with Crippen LogP contribution in [-0.4, -0.2) is 20.4 Å². The Morgan fingerprint density at radius 2 is 1.21 bits per heavy atom. The Morgan fingerprint density at radius 1 is 0.737 bits per heavy atom. The van der Waals surface area contributed by atoms with Gasteiger partial charge >= 0.3 is 0 Å². The summed E-state index contributed by atoms with van der Waals surface area (Å²) in [6.07, 6.45) is 0. The van der Waals surface area contributed by atoms with E-state index in [9.17, 15) is 20.4 Å². The van der Waals surface area contributed by atoms with Gasteiger partial charge in [-0.15, -0.1) is 0 Å². The monoisotopic (exact) mass is 260 g/mol. The molecule has 0 fully saturated rings. The molecule has 19 heavy (non-hydrogen) atoms. The van der Waals surface area contributed by atoms with Crippen LogP contribution in [-0.2, 0) is 5.41 Å². The van der Waals surface area contributed by atoms with Crippen LogP contribution in [0.15, 0.2) is 36.4 Å². The normalized spacial score (nSPS) is 11.5. The third-order valence-electron chi connectivity index (χ3n) is 3.30. The van der Waals surface area contributed by atoms with Gasteiger partial charge in [0.2, 0.25) is 0 Å². The maximum Gasteiger partial charge on any atom is 0.127 e. The Bertz CT molecular complexity index is 577. The molecule has 0 spiro atoms. The molecule has 0 saturated carbocycles. The van der Waals surface area contributed by atoms with Crippen LogP contribution in [0.2, 0.25) is 0 Å². The van der Waals surface area contributed by atoms with Crippen LogP contribution < -0.4 is 0 Å². The average Bonchev–Trinajstić information content (AvgIpc) is 2.27. The van der Waals surface area contributed by atoms with Crippen LogP contribution in [0.25, 0.3) is 0 Å². The topological polar surface area (TPSA) is 80.9 Å². The van der Waals surface area contributed by atoms with Gasteiger partial charge in [0, 0.05) is 23.1 Å². The Kier molecular flexibility index (Phi) is 3.02. The summed E-state index contributed by atoms with van der Waals surface area (Å²) < 4.78 is 0. The third kappa shape index (κ3) is 2.29. The van der Waals surface area contributed by atoms with Gasteiger partial charge in [0.05, 0.1) is 0 Å². The summed E-state index contributed by atoms with van der Waals surface area (Å²) in [4.78, 5) is 0. The number of hydrogen-bond acceptors (Lipinski definition) is 4. The molecule has 2 rings (SSSR count). The van der Waals surface area contributed by atoms with Gasteiger partial charge < -0.3 is 20.4 Å². The minimum Gasteiger partial charge on any atom is -0.508 e. The Hall–Kier alpha value is -2.36. The lowest BCUT2D eigenvalue weighted by atomic mass is 9.77. The first-order chi connectivity index (χ1) is 8.82. The summed E-state index contributed by atoms with van der Waals surface area (Å²) in [6.45, 7) is 3.68. The molecule has 2 aromatic rings. The number of rotatable bonds is 2. The summed E-state index contributed by atoms with van der Waals surface area (Å²) in [7, 11) is 0. The van der Waals surface area contributed by atoms with E-state index in [0.717, 1.165) is 5.56 Å². The summed E-state index contributed by atoms with van der Waals surface area (Å²) in [5, 5.41) is 38.6. The maximum atomic E-state index is 9.95. The molecule has 0 aliphatic rings. The van der Waals surface area contributed by atoms with Gasteiger partial charge in [0.25, 0.3) is 0 Å². The fourth-order valence-electron chi connectivity index (χ4n) is 2.26. The van der Waals surface area contributed by atoms with Crippen molar-refractivity contribution >= 4 is 0 Å². The van der Waals surface area contributed by atoms with Crippen molar-refractivity contribution in [2.75, 3.05) is 0 Å². The highest BCUT2D eigenvalue weighted by atomic mass is 16.3. The molecule has 4 N–H and O–H groups in total. The van der Waals surface area contributed by atoms with E-state index < -0.39 is 5.41 Å². The quantitative estimate of drug-likeness (QED) is 0.669. The SMILES string of the molecule is CC(C)(c1ccc(O)cc1)c1c(O)cc(O)cc1O. The summed E-state index contributed by atoms with van der Waals surface area (Å²) in [5.41, 5.74) is 0.479. The van der Waals surface area contributed by atoms with Crippen LogP contribution in [0, 0.1) is 0 Å².